The number of nitrogens with zero attached hydrogens (tertiary/aromatic N) is 1. The summed E-state index contributed by atoms with van der Waals surface area (Å²) in [7, 11) is 0. The Morgan fingerprint density at radius 3 is 2.61 bits per heavy atom. The van der Waals surface area contributed by atoms with Gasteiger partial charge in [-0.1, -0.05) is 6.08 Å². The second-order valence-corrected chi connectivity index (χ2v) is 3.94. The minimum absolute atomic E-state index is 0.144. The van der Waals surface area contributed by atoms with E-state index in [-0.39, 0.29) is 11.6 Å². The molecule has 0 saturated heterocycles. The molecular weight excluding hydrogens is 229 g/mol. The Bertz CT molecular complexity index is 591. The van der Waals surface area contributed by atoms with Crippen LogP contribution in [0.25, 0.3) is 6.08 Å². The number of allylic oxidation sites excluding steroid dienone is 1. The maximum Gasteiger partial charge on any atom is 0.185 e. The molecule has 2 aromatic rings. The van der Waals surface area contributed by atoms with E-state index < -0.39 is 0 Å². The maximum atomic E-state index is 13.1. The molecule has 2 nitrogen and oxygen atoms in total. The second kappa shape index (κ2) is 5.36. The highest BCUT2D eigenvalue weighted by molar-refractivity contribution is 6.06. The van der Waals surface area contributed by atoms with Crippen molar-refractivity contribution in [3.8, 4) is 0 Å². The third-order valence-corrected chi connectivity index (χ3v) is 2.58. The van der Waals surface area contributed by atoms with Crippen molar-refractivity contribution in [1.29, 1.82) is 0 Å². The number of pyridine rings is 1. The first kappa shape index (κ1) is 12.2. The lowest BCUT2D eigenvalue weighted by Crippen LogP contribution is -1.96. The van der Waals surface area contributed by atoms with Gasteiger partial charge in [-0.25, -0.2) is 4.39 Å². The highest BCUT2D eigenvalue weighted by atomic mass is 19.1. The van der Waals surface area contributed by atoms with Crippen molar-refractivity contribution in [2.45, 2.75) is 6.92 Å². The van der Waals surface area contributed by atoms with Crippen molar-refractivity contribution >= 4 is 11.9 Å². The van der Waals surface area contributed by atoms with Gasteiger partial charge in [-0.15, -0.1) is 0 Å². The molecule has 0 atom stereocenters. The normalized spacial score (nSPS) is 10.8. The number of hydrogen-bond acceptors (Lipinski definition) is 2. The minimum atomic E-state index is -0.301. The highest BCUT2D eigenvalue weighted by Gasteiger charge is 2.04. The molecule has 2 rings (SSSR count). The van der Waals surface area contributed by atoms with Crippen molar-refractivity contribution in [3.05, 3.63) is 71.3 Å². The van der Waals surface area contributed by atoms with Crippen LogP contribution in [-0.4, -0.2) is 10.8 Å². The Morgan fingerprint density at radius 1 is 1.22 bits per heavy atom. The lowest BCUT2D eigenvalue weighted by molar-refractivity contribution is 0.104. The van der Waals surface area contributed by atoms with E-state index in [0.717, 1.165) is 5.56 Å². The molecule has 0 N–H and O–H groups in total. The molecular formula is C15H12FNO. The first-order chi connectivity index (χ1) is 8.66. The Kier molecular flexibility index (Phi) is 3.63. The Labute approximate surface area is 105 Å². The van der Waals surface area contributed by atoms with Crippen LogP contribution in [0.5, 0.6) is 0 Å². The predicted molar refractivity (Wildman–Crippen MR) is 68.7 cm³/mol. The lowest BCUT2D eigenvalue weighted by Gasteiger charge is -1.99. The SMILES string of the molecule is Cc1cc(C(=O)/C=C/c2ccncc2)ccc1F. The number of rotatable bonds is 3. The van der Waals surface area contributed by atoms with Crippen molar-refractivity contribution in [1.82, 2.24) is 4.98 Å². The standard InChI is InChI=1S/C15H12FNO/c1-11-10-13(3-4-14(11)16)15(18)5-2-12-6-8-17-9-7-12/h2-10H,1H3/b5-2+. The van der Waals surface area contributed by atoms with Crippen LogP contribution in [0, 0.1) is 12.7 Å². The number of benzene rings is 1. The summed E-state index contributed by atoms with van der Waals surface area (Å²) in [4.78, 5) is 15.7. The zero-order valence-electron chi connectivity index (χ0n) is 9.93. The van der Waals surface area contributed by atoms with Crippen molar-refractivity contribution < 1.29 is 9.18 Å². The quantitative estimate of drug-likeness (QED) is 0.608. The first-order valence-electron chi connectivity index (χ1n) is 5.55. The summed E-state index contributed by atoms with van der Waals surface area (Å²) >= 11 is 0. The molecule has 90 valence electrons. The Balaban J connectivity index is 2.17. The summed E-state index contributed by atoms with van der Waals surface area (Å²) in [6.45, 7) is 1.64. The van der Waals surface area contributed by atoms with Crippen LogP contribution in [0.4, 0.5) is 4.39 Å². The molecule has 1 aromatic heterocycles. The van der Waals surface area contributed by atoms with E-state index in [2.05, 4.69) is 4.98 Å². The van der Waals surface area contributed by atoms with E-state index in [1.807, 2.05) is 0 Å². The number of ketones is 1. The monoisotopic (exact) mass is 241 g/mol. The fourth-order valence-corrected chi connectivity index (χ4v) is 1.54. The number of carbonyl (C=O) groups is 1. The molecule has 0 aliphatic rings. The largest absolute Gasteiger partial charge is 0.289 e. The fourth-order valence-electron chi connectivity index (χ4n) is 1.54. The van der Waals surface area contributed by atoms with Gasteiger partial charge >= 0.3 is 0 Å². The van der Waals surface area contributed by atoms with E-state index in [1.54, 1.807) is 43.6 Å². The summed E-state index contributed by atoms with van der Waals surface area (Å²) in [5.74, 6) is -0.445. The average molecular weight is 241 g/mol. The molecule has 0 amide bonds. The van der Waals surface area contributed by atoms with Crippen LogP contribution < -0.4 is 0 Å². The smallest absolute Gasteiger partial charge is 0.185 e. The summed E-state index contributed by atoms with van der Waals surface area (Å²) in [6, 6.07) is 7.96. The topological polar surface area (TPSA) is 30.0 Å². The van der Waals surface area contributed by atoms with Crippen LogP contribution in [0.3, 0.4) is 0 Å². The molecule has 0 bridgehead atoms. The van der Waals surface area contributed by atoms with E-state index in [9.17, 15) is 9.18 Å². The first-order valence-corrected chi connectivity index (χ1v) is 5.55. The van der Waals surface area contributed by atoms with E-state index in [1.165, 1.54) is 18.2 Å². The zero-order chi connectivity index (χ0) is 13.0. The second-order valence-electron chi connectivity index (χ2n) is 3.94. The molecule has 0 aliphatic carbocycles. The average Bonchev–Trinajstić information content (AvgIpc) is 2.40. The summed E-state index contributed by atoms with van der Waals surface area (Å²) in [5, 5.41) is 0. The number of carbonyl (C=O) groups excluding carboxylic acids is 1. The van der Waals surface area contributed by atoms with Gasteiger partial charge in [-0.05, 0) is 54.5 Å². The van der Waals surface area contributed by atoms with Crippen molar-refractivity contribution in [2.75, 3.05) is 0 Å². The number of halogens is 1. The van der Waals surface area contributed by atoms with Gasteiger partial charge in [0.1, 0.15) is 5.82 Å². The Morgan fingerprint density at radius 2 is 1.94 bits per heavy atom. The zero-order valence-corrected chi connectivity index (χ0v) is 9.93. The van der Waals surface area contributed by atoms with Crippen LogP contribution in [0.2, 0.25) is 0 Å². The molecule has 0 aliphatic heterocycles. The van der Waals surface area contributed by atoms with E-state index in [0.29, 0.717) is 11.1 Å². The molecule has 0 spiro atoms. The van der Waals surface area contributed by atoms with Gasteiger partial charge in [0.05, 0.1) is 0 Å². The van der Waals surface area contributed by atoms with Crippen LogP contribution in [0.15, 0.2) is 48.8 Å². The van der Waals surface area contributed by atoms with E-state index in [4.69, 9.17) is 0 Å². The predicted octanol–water partition coefficient (Wildman–Crippen LogP) is 3.43. The molecule has 3 heteroatoms. The third-order valence-electron chi connectivity index (χ3n) is 2.58. The number of aryl methyl sites for hydroxylation is 1. The summed E-state index contributed by atoms with van der Waals surface area (Å²) in [6.07, 6.45) is 6.50. The van der Waals surface area contributed by atoms with Gasteiger partial charge in [-0.2, -0.15) is 0 Å². The molecule has 0 radical (unpaired) electrons. The summed E-state index contributed by atoms with van der Waals surface area (Å²) in [5.41, 5.74) is 1.86. The van der Waals surface area contributed by atoms with Gasteiger partial charge in [0.15, 0.2) is 5.78 Å². The third kappa shape index (κ3) is 2.88. The van der Waals surface area contributed by atoms with Gasteiger partial charge < -0.3 is 0 Å². The molecule has 0 fully saturated rings. The van der Waals surface area contributed by atoms with Crippen molar-refractivity contribution in [2.24, 2.45) is 0 Å². The maximum absolute atomic E-state index is 13.1. The number of hydrogen-bond donors (Lipinski definition) is 0. The van der Waals surface area contributed by atoms with Gasteiger partial charge in [-0.3, -0.25) is 9.78 Å². The van der Waals surface area contributed by atoms with Crippen LogP contribution >= 0.6 is 0 Å². The van der Waals surface area contributed by atoms with Gasteiger partial charge in [0.25, 0.3) is 0 Å². The van der Waals surface area contributed by atoms with Gasteiger partial charge in [0.2, 0.25) is 0 Å². The van der Waals surface area contributed by atoms with Gasteiger partial charge in [0, 0.05) is 18.0 Å². The summed E-state index contributed by atoms with van der Waals surface area (Å²) < 4.78 is 13.1. The Hall–Kier alpha value is -2.29. The van der Waals surface area contributed by atoms with Crippen LogP contribution in [0.1, 0.15) is 21.5 Å². The van der Waals surface area contributed by atoms with E-state index >= 15 is 0 Å². The molecule has 0 saturated carbocycles. The molecule has 18 heavy (non-hydrogen) atoms. The number of aromatic nitrogens is 1. The highest BCUT2D eigenvalue weighted by Crippen LogP contribution is 2.11. The molecule has 1 heterocycles. The molecule has 1 aromatic carbocycles. The van der Waals surface area contributed by atoms with Crippen LogP contribution in [-0.2, 0) is 0 Å². The van der Waals surface area contributed by atoms with Crippen molar-refractivity contribution in [3.63, 3.8) is 0 Å². The minimum Gasteiger partial charge on any atom is -0.289 e. The lowest BCUT2D eigenvalue weighted by atomic mass is 10.1. The molecule has 0 unspecified atom stereocenters. The fraction of sp³-hybridized carbons (Fsp3) is 0.0667.